The van der Waals surface area contributed by atoms with Crippen LogP contribution in [0.3, 0.4) is 0 Å². The maximum atomic E-state index is 5.34. The number of rotatable bonds is 6. The first kappa shape index (κ1) is 17.3. The Bertz CT molecular complexity index is 546. The van der Waals surface area contributed by atoms with Gasteiger partial charge < -0.3 is 20.3 Å². The summed E-state index contributed by atoms with van der Waals surface area (Å²) in [6, 6.07) is 8.91. The highest BCUT2D eigenvalue weighted by Crippen LogP contribution is 2.22. The first-order valence-corrected chi connectivity index (χ1v) is 8.06. The number of benzene rings is 1. The maximum absolute atomic E-state index is 5.34. The average Bonchev–Trinajstić information content (AvgIpc) is 3.07. The van der Waals surface area contributed by atoms with Gasteiger partial charge in [0.25, 0.3) is 0 Å². The molecule has 0 aliphatic heterocycles. The smallest absolute Gasteiger partial charge is 0.191 e. The van der Waals surface area contributed by atoms with Crippen molar-refractivity contribution < 1.29 is 4.74 Å². The summed E-state index contributed by atoms with van der Waals surface area (Å²) >= 11 is 0. The van der Waals surface area contributed by atoms with Gasteiger partial charge in [-0.1, -0.05) is 24.3 Å². The molecular weight excluding hydrogens is 288 g/mol. The standard InChI is InChI=1S/C18H28N4O/c1-19-18(21-15-9-5-6-10-15)20-13-17(22(2)3)14-8-7-11-16(12-14)23-4/h5-8,11-12,15,17H,9-10,13H2,1-4H3,(H2,19,20,21). The summed E-state index contributed by atoms with van der Waals surface area (Å²) in [5, 5.41) is 6.91. The van der Waals surface area contributed by atoms with Crippen molar-refractivity contribution in [3.8, 4) is 5.75 Å². The van der Waals surface area contributed by atoms with Gasteiger partial charge in [-0.05, 0) is 44.6 Å². The molecule has 0 aromatic heterocycles. The monoisotopic (exact) mass is 316 g/mol. The van der Waals surface area contributed by atoms with Crippen LogP contribution >= 0.6 is 0 Å². The van der Waals surface area contributed by atoms with E-state index < -0.39 is 0 Å². The predicted molar refractivity (Wildman–Crippen MR) is 96.1 cm³/mol. The highest BCUT2D eigenvalue weighted by atomic mass is 16.5. The number of hydrogen-bond donors (Lipinski definition) is 2. The zero-order valence-electron chi connectivity index (χ0n) is 14.5. The summed E-state index contributed by atoms with van der Waals surface area (Å²) in [6.45, 7) is 0.778. The molecule has 1 aromatic rings. The van der Waals surface area contributed by atoms with Crippen LogP contribution in [0.2, 0.25) is 0 Å². The van der Waals surface area contributed by atoms with E-state index >= 15 is 0 Å². The molecule has 1 aliphatic rings. The molecule has 0 heterocycles. The highest BCUT2D eigenvalue weighted by Gasteiger charge is 2.17. The lowest BCUT2D eigenvalue weighted by Gasteiger charge is -2.27. The number of likely N-dealkylation sites (N-methyl/N-ethyl adjacent to an activating group) is 1. The second-order valence-electron chi connectivity index (χ2n) is 5.99. The highest BCUT2D eigenvalue weighted by molar-refractivity contribution is 5.80. The summed E-state index contributed by atoms with van der Waals surface area (Å²) < 4.78 is 5.34. The Labute approximate surface area is 139 Å². The van der Waals surface area contributed by atoms with Gasteiger partial charge in [0.15, 0.2) is 5.96 Å². The minimum Gasteiger partial charge on any atom is -0.497 e. The van der Waals surface area contributed by atoms with Gasteiger partial charge in [0.05, 0.1) is 13.2 Å². The lowest BCUT2D eigenvalue weighted by atomic mass is 10.1. The topological polar surface area (TPSA) is 48.9 Å². The molecular formula is C18H28N4O. The van der Waals surface area contributed by atoms with Crippen molar-refractivity contribution >= 4 is 5.96 Å². The maximum Gasteiger partial charge on any atom is 0.191 e. The molecule has 0 saturated carbocycles. The second-order valence-corrected chi connectivity index (χ2v) is 5.99. The van der Waals surface area contributed by atoms with Gasteiger partial charge in [0.1, 0.15) is 5.75 Å². The first-order valence-electron chi connectivity index (χ1n) is 8.06. The van der Waals surface area contributed by atoms with Crippen molar-refractivity contribution in [3.63, 3.8) is 0 Å². The Balaban J connectivity index is 1.98. The van der Waals surface area contributed by atoms with E-state index in [4.69, 9.17) is 4.74 Å². The van der Waals surface area contributed by atoms with E-state index in [1.807, 2.05) is 19.2 Å². The van der Waals surface area contributed by atoms with E-state index in [0.717, 1.165) is 31.1 Å². The van der Waals surface area contributed by atoms with Crippen molar-refractivity contribution in [2.75, 3.05) is 34.8 Å². The molecule has 0 fully saturated rings. The molecule has 2 rings (SSSR count). The fourth-order valence-electron chi connectivity index (χ4n) is 2.76. The molecule has 5 heteroatoms. The quantitative estimate of drug-likeness (QED) is 0.480. The summed E-state index contributed by atoms with van der Waals surface area (Å²) in [4.78, 5) is 6.53. The lowest BCUT2D eigenvalue weighted by Crippen LogP contribution is -2.45. The third-order valence-corrected chi connectivity index (χ3v) is 4.14. The van der Waals surface area contributed by atoms with Crippen molar-refractivity contribution in [2.45, 2.75) is 24.9 Å². The molecule has 0 spiro atoms. The van der Waals surface area contributed by atoms with Crippen molar-refractivity contribution in [3.05, 3.63) is 42.0 Å². The summed E-state index contributed by atoms with van der Waals surface area (Å²) in [5.41, 5.74) is 1.22. The van der Waals surface area contributed by atoms with Gasteiger partial charge in [0.2, 0.25) is 0 Å². The Morgan fingerprint density at radius 3 is 2.70 bits per heavy atom. The van der Waals surface area contributed by atoms with Crippen LogP contribution in [0.15, 0.2) is 41.4 Å². The van der Waals surface area contributed by atoms with E-state index in [1.54, 1.807) is 7.11 Å². The van der Waals surface area contributed by atoms with Crippen molar-refractivity contribution in [1.82, 2.24) is 15.5 Å². The number of guanidine groups is 1. The van der Waals surface area contributed by atoms with Crippen LogP contribution in [0.25, 0.3) is 0 Å². The Kier molecular flexibility index (Phi) is 6.47. The van der Waals surface area contributed by atoms with E-state index in [1.165, 1.54) is 5.56 Å². The Morgan fingerprint density at radius 2 is 2.09 bits per heavy atom. The number of nitrogens with one attached hydrogen (secondary N) is 2. The number of ether oxygens (including phenoxy) is 1. The first-order chi connectivity index (χ1) is 11.1. The van der Waals surface area contributed by atoms with Crippen LogP contribution in [-0.4, -0.2) is 51.7 Å². The van der Waals surface area contributed by atoms with Gasteiger partial charge >= 0.3 is 0 Å². The van der Waals surface area contributed by atoms with Crippen LogP contribution in [0.1, 0.15) is 24.4 Å². The molecule has 1 aliphatic carbocycles. The average molecular weight is 316 g/mol. The summed E-state index contributed by atoms with van der Waals surface area (Å²) in [6.07, 6.45) is 6.55. The van der Waals surface area contributed by atoms with Crippen LogP contribution in [0.4, 0.5) is 0 Å². The van der Waals surface area contributed by atoms with Gasteiger partial charge in [0, 0.05) is 19.6 Å². The zero-order valence-corrected chi connectivity index (χ0v) is 14.5. The molecule has 0 amide bonds. The minimum absolute atomic E-state index is 0.241. The van der Waals surface area contributed by atoms with Gasteiger partial charge in [-0.2, -0.15) is 0 Å². The van der Waals surface area contributed by atoms with E-state index in [9.17, 15) is 0 Å². The minimum atomic E-state index is 0.241. The van der Waals surface area contributed by atoms with Crippen LogP contribution in [-0.2, 0) is 0 Å². The number of hydrogen-bond acceptors (Lipinski definition) is 3. The molecule has 126 valence electrons. The molecule has 2 N–H and O–H groups in total. The largest absolute Gasteiger partial charge is 0.497 e. The molecule has 5 nitrogen and oxygen atoms in total. The molecule has 1 unspecified atom stereocenters. The second kappa shape index (κ2) is 8.58. The van der Waals surface area contributed by atoms with E-state index in [-0.39, 0.29) is 6.04 Å². The van der Waals surface area contributed by atoms with Gasteiger partial charge in [-0.3, -0.25) is 4.99 Å². The molecule has 23 heavy (non-hydrogen) atoms. The normalized spacial score (nSPS) is 16.7. The number of nitrogens with zero attached hydrogens (tertiary/aromatic N) is 2. The molecule has 0 saturated heterocycles. The third-order valence-electron chi connectivity index (χ3n) is 4.14. The SMILES string of the molecule is CN=C(NCC(c1cccc(OC)c1)N(C)C)NC1CC=CC1. The fraction of sp³-hybridized carbons (Fsp3) is 0.500. The molecule has 0 bridgehead atoms. The van der Waals surface area contributed by atoms with E-state index in [0.29, 0.717) is 6.04 Å². The van der Waals surface area contributed by atoms with Crippen LogP contribution in [0.5, 0.6) is 5.75 Å². The predicted octanol–water partition coefficient (Wildman–Crippen LogP) is 2.18. The molecule has 0 radical (unpaired) electrons. The Hall–Kier alpha value is -2.01. The summed E-state index contributed by atoms with van der Waals surface area (Å²) in [7, 11) is 7.68. The van der Waals surface area contributed by atoms with Gasteiger partial charge in [-0.25, -0.2) is 0 Å². The van der Waals surface area contributed by atoms with Crippen LogP contribution in [0, 0.1) is 0 Å². The van der Waals surface area contributed by atoms with Crippen molar-refractivity contribution in [2.24, 2.45) is 4.99 Å². The molecule has 1 aromatic carbocycles. The lowest BCUT2D eigenvalue weighted by molar-refractivity contribution is 0.297. The zero-order chi connectivity index (χ0) is 16.7. The third kappa shape index (κ3) is 4.99. The molecule has 1 atom stereocenters. The van der Waals surface area contributed by atoms with Gasteiger partial charge in [-0.15, -0.1) is 0 Å². The van der Waals surface area contributed by atoms with E-state index in [2.05, 4.69) is 58.9 Å². The number of aliphatic imine (C=N–C) groups is 1. The number of methoxy groups -OCH3 is 1. The van der Waals surface area contributed by atoms with Crippen LogP contribution < -0.4 is 15.4 Å². The fourth-order valence-corrected chi connectivity index (χ4v) is 2.76. The van der Waals surface area contributed by atoms with Crippen molar-refractivity contribution in [1.29, 1.82) is 0 Å². The summed E-state index contributed by atoms with van der Waals surface area (Å²) in [5.74, 6) is 1.74. The Morgan fingerprint density at radius 1 is 1.35 bits per heavy atom.